The molecular weight excluding hydrogens is 326 g/mol. The Hall–Kier alpha value is 0.220. The van der Waals surface area contributed by atoms with Gasteiger partial charge in [-0.05, 0) is 0 Å². The third-order valence-corrected chi connectivity index (χ3v) is 1.44. The number of hydrogen-bond acceptors (Lipinski definition) is 10. The Bertz CT molecular complexity index is 428. The number of rotatable bonds is 2. The van der Waals surface area contributed by atoms with Gasteiger partial charge in [-0.2, -0.15) is 16.8 Å². The van der Waals surface area contributed by atoms with Gasteiger partial charge in [0.25, 0.3) is 0 Å². The van der Waals surface area contributed by atoms with Gasteiger partial charge in [-0.3, -0.25) is 0 Å². The van der Waals surface area contributed by atoms with Crippen LogP contribution >= 0.6 is 0 Å². The largest absolute Gasteiger partial charge is 1.00 e. The van der Waals surface area contributed by atoms with Crippen LogP contribution in [-0.4, -0.2) is 44.9 Å². The van der Waals surface area contributed by atoms with Crippen LogP contribution in [0.5, 0.6) is 0 Å². The van der Waals surface area contributed by atoms with Crippen LogP contribution in [0.2, 0.25) is 0 Å². The molecular formula is H2N4Na2O10S2. The normalized spacial score (nSPS) is 12.3. The van der Waals surface area contributed by atoms with Gasteiger partial charge >= 0.3 is 79.7 Å². The Kier molecular flexibility index (Phi) is 16.4. The summed E-state index contributed by atoms with van der Waals surface area (Å²) in [7, 11) is -10.3. The van der Waals surface area contributed by atoms with Crippen molar-refractivity contribution in [2.75, 3.05) is 0 Å². The van der Waals surface area contributed by atoms with E-state index in [4.69, 9.17) is 10.4 Å². The third-order valence-electron chi connectivity index (χ3n) is 0.529. The fourth-order valence-electron chi connectivity index (χ4n) is 0.0894. The molecule has 2 N–H and O–H groups in total. The molecule has 0 saturated carbocycles. The standard InChI is InChI=1S/2H2N2O5S.2Na/c2*3-1-2(4)8(5,6)7;;/h2*3H,(H,5,6,7);;/q;;2*+1/p-2. The molecule has 0 unspecified atom stereocenters. The Morgan fingerprint density at radius 2 is 0.944 bits per heavy atom. The summed E-state index contributed by atoms with van der Waals surface area (Å²) < 4.78 is 53.5. The Morgan fingerprint density at radius 3 is 0.944 bits per heavy atom. The van der Waals surface area contributed by atoms with E-state index in [-0.39, 0.29) is 59.1 Å². The first-order valence-corrected chi connectivity index (χ1v) is 5.26. The van der Waals surface area contributed by atoms with Crippen molar-refractivity contribution in [2.45, 2.75) is 0 Å². The maximum absolute atomic E-state index is 9.43. The molecule has 0 aromatic carbocycles. The second-order valence-electron chi connectivity index (χ2n) is 1.51. The topological polar surface area (TPSA) is 232 Å². The Labute approximate surface area is 144 Å². The molecule has 0 fully saturated rings. The molecule has 18 heteroatoms. The average Bonchev–Trinajstić information content (AvgIpc) is 2.13. The molecule has 96 valence electrons. The van der Waals surface area contributed by atoms with E-state index >= 15 is 0 Å². The molecule has 0 spiro atoms. The SMILES string of the molecule is O=S(=O)([O-])[N+]([O-])=NO.O=S(=O)([O-])[N+]([O-])=NO.[Na+].[Na+]. The predicted octanol–water partition coefficient (Wildman–Crippen LogP) is -8.40. The molecule has 0 atom stereocenters. The van der Waals surface area contributed by atoms with Crippen molar-refractivity contribution in [2.24, 2.45) is 10.6 Å². The summed E-state index contributed by atoms with van der Waals surface area (Å²) in [4.78, 5) is 0. The predicted molar refractivity (Wildman–Crippen MR) is 35.1 cm³/mol. The van der Waals surface area contributed by atoms with E-state index in [0.29, 0.717) is 0 Å². The van der Waals surface area contributed by atoms with Crippen LogP contribution in [0.25, 0.3) is 0 Å². The fourth-order valence-corrected chi connectivity index (χ4v) is 0.268. The molecule has 0 bridgehead atoms. The van der Waals surface area contributed by atoms with Crippen molar-refractivity contribution in [1.29, 1.82) is 0 Å². The first-order valence-electron chi connectivity index (χ1n) is 2.53. The minimum absolute atomic E-state index is 0. The maximum Gasteiger partial charge on any atom is 1.00 e. The van der Waals surface area contributed by atoms with E-state index < -0.39 is 29.1 Å². The van der Waals surface area contributed by atoms with Gasteiger partial charge in [-0.25, -0.2) is 0 Å². The Balaban J connectivity index is -0.0000000980. The molecule has 0 aliphatic rings. The van der Waals surface area contributed by atoms with Crippen LogP contribution in [0.3, 0.4) is 0 Å². The van der Waals surface area contributed by atoms with Crippen LogP contribution in [0, 0.1) is 10.4 Å². The Morgan fingerprint density at radius 1 is 0.778 bits per heavy atom. The number of nitrogens with zero attached hydrogens (tertiary/aromatic N) is 4. The molecule has 0 saturated heterocycles. The molecule has 18 heavy (non-hydrogen) atoms. The smallest absolute Gasteiger partial charge is 0.690 e. The quantitative estimate of drug-likeness (QED) is 0.159. The van der Waals surface area contributed by atoms with Crippen LogP contribution in [0.4, 0.5) is 0 Å². The second-order valence-corrected chi connectivity index (χ2v) is 3.85. The van der Waals surface area contributed by atoms with Crippen molar-refractivity contribution >= 4 is 20.6 Å². The summed E-state index contributed by atoms with van der Waals surface area (Å²) in [6, 6.07) is 0. The summed E-state index contributed by atoms with van der Waals surface area (Å²) in [5.74, 6) is 0. The van der Waals surface area contributed by atoms with Crippen molar-refractivity contribution < 1.29 is 104 Å². The van der Waals surface area contributed by atoms with Crippen molar-refractivity contribution in [3.8, 4) is 0 Å². The summed E-state index contributed by atoms with van der Waals surface area (Å²) in [6.07, 6.45) is 0. The molecule has 0 aliphatic heterocycles. The minimum atomic E-state index is -5.14. The number of hydrogen-bond donors (Lipinski definition) is 2. The molecule has 14 nitrogen and oxygen atoms in total. The van der Waals surface area contributed by atoms with E-state index in [0.717, 1.165) is 0 Å². The van der Waals surface area contributed by atoms with Gasteiger partial charge in [0.05, 0.1) is 8.53 Å². The van der Waals surface area contributed by atoms with Gasteiger partial charge < -0.3 is 29.9 Å². The van der Waals surface area contributed by atoms with E-state index in [1.54, 1.807) is 0 Å². The molecule has 0 aromatic rings. The van der Waals surface area contributed by atoms with Crippen LogP contribution in [0.15, 0.2) is 10.6 Å². The van der Waals surface area contributed by atoms with Gasteiger partial charge in [0.2, 0.25) is 10.6 Å². The van der Waals surface area contributed by atoms with Crippen LogP contribution < -0.4 is 59.1 Å². The molecule has 0 heterocycles. The fraction of sp³-hybridized carbons (Fsp3) is 0. The van der Waals surface area contributed by atoms with Gasteiger partial charge in [0.15, 0.2) is 0 Å². The maximum atomic E-state index is 9.43. The zero-order valence-electron chi connectivity index (χ0n) is 8.77. The van der Waals surface area contributed by atoms with Gasteiger partial charge in [-0.15, -0.1) is 0 Å². The van der Waals surface area contributed by atoms with Gasteiger partial charge in [0, 0.05) is 0 Å². The summed E-state index contributed by atoms with van der Waals surface area (Å²) in [5.41, 5.74) is 0. The molecule has 0 rings (SSSR count). The first-order chi connectivity index (χ1) is 6.96. The zero-order chi connectivity index (χ0) is 13.6. The minimum Gasteiger partial charge on any atom is -0.690 e. The van der Waals surface area contributed by atoms with Crippen LogP contribution in [-0.2, 0) is 20.6 Å². The van der Waals surface area contributed by atoms with E-state index in [1.807, 2.05) is 0 Å². The molecule has 0 aromatic heterocycles. The average molecular weight is 328 g/mol. The van der Waals surface area contributed by atoms with Crippen LogP contribution in [0.1, 0.15) is 0 Å². The molecule has 0 amide bonds. The van der Waals surface area contributed by atoms with E-state index in [1.165, 1.54) is 10.6 Å². The van der Waals surface area contributed by atoms with Crippen molar-refractivity contribution in [1.82, 2.24) is 0 Å². The van der Waals surface area contributed by atoms with Gasteiger partial charge in [0.1, 0.15) is 0 Å². The molecule has 0 radical (unpaired) electrons. The summed E-state index contributed by atoms with van der Waals surface area (Å²) in [5, 5.41) is 36.6. The van der Waals surface area contributed by atoms with E-state index in [9.17, 15) is 36.4 Å². The second kappa shape index (κ2) is 11.1. The third kappa shape index (κ3) is 14.3. The first kappa shape index (κ1) is 26.7. The monoisotopic (exact) mass is 328 g/mol. The van der Waals surface area contributed by atoms with Gasteiger partial charge in [-0.1, -0.05) is 0 Å². The summed E-state index contributed by atoms with van der Waals surface area (Å²) in [6.45, 7) is 0. The van der Waals surface area contributed by atoms with Crippen molar-refractivity contribution in [3.05, 3.63) is 10.4 Å². The summed E-state index contributed by atoms with van der Waals surface area (Å²) >= 11 is 0. The van der Waals surface area contributed by atoms with E-state index in [2.05, 4.69) is 0 Å². The van der Waals surface area contributed by atoms with Crippen molar-refractivity contribution in [3.63, 3.8) is 0 Å². The molecule has 0 aliphatic carbocycles. The zero-order valence-corrected chi connectivity index (χ0v) is 14.4.